The molecule has 0 amide bonds. The number of carbonyl (C=O) groups excluding carboxylic acids is 1. The predicted molar refractivity (Wildman–Crippen MR) is 152 cm³/mol. The van der Waals surface area contributed by atoms with Gasteiger partial charge in [0.25, 0.3) is 5.56 Å². The number of nitrogens with zero attached hydrogens (tertiary/aromatic N) is 3. The van der Waals surface area contributed by atoms with Gasteiger partial charge in [-0.3, -0.25) is 14.9 Å². The van der Waals surface area contributed by atoms with Gasteiger partial charge in [0.1, 0.15) is 17.5 Å². The van der Waals surface area contributed by atoms with E-state index in [0.717, 1.165) is 54.0 Å². The number of benzene rings is 1. The van der Waals surface area contributed by atoms with Crippen LogP contribution < -0.4 is 10.9 Å². The van der Waals surface area contributed by atoms with Crippen molar-refractivity contribution in [3.63, 3.8) is 0 Å². The molecule has 212 valence electrons. The van der Waals surface area contributed by atoms with E-state index >= 15 is 0 Å². The minimum atomic E-state index is -0.914. The zero-order valence-corrected chi connectivity index (χ0v) is 24.2. The Morgan fingerprint density at radius 3 is 2.54 bits per heavy atom. The van der Waals surface area contributed by atoms with Crippen molar-refractivity contribution in [2.75, 3.05) is 13.2 Å². The van der Waals surface area contributed by atoms with E-state index in [-0.39, 0.29) is 11.6 Å². The Morgan fingerprint density at radius 2 is 1.92 bits per heavy atom. The summed E-state index contributed by atoms with van der Waals surface area (Å²) in [6, 6.07) is 7.35. The number of aromatic nitrogens is 3. The lowest BCUT2D eigenvalue weighted by Gasteiger charge is -2.30. The third kappa shape index (κ3) is 6.59. The van der Waals surface area contributed by atoms with E-state index in [2.05, 4.69) is 22.9 Å². The van der Waals surface area contributed by atoms with Crippen molar-refractivity contribution in [2.24, 2.45) is 13.0 Å². The number of esters is 1. The number of hydrogen-bond acceptors (Lipinski definition) is 7. The summed E-state index contributed by atoms with van der Waals surface area (Å²) < 4.78 is 15.0. The molecule has 1 fully saturated rings. The summed E-state index contributed by atoms with van der Waals surface area (Å²) >= 11 is 0. The lowest BCUT2D eigenvalue weighted by atomic mass is 9.92. The maximum atomic E-state index is 12.6. The summed E-state index contributed by atoms with van der Waals surface area (Å²) in [4.78, 5) is 30.1. The summed E-state index contributed by atoms with van der Waals surface area (Å²) in [7, 11) is 1.76. The Hall–Kier alpha value is -3.01. The molecule has 3 atom stereocenters. The second-order valence-electron chi connectivity index (χ2n) is 11.8. The van der Waals surface area contributed by atoms with Gasteiger partial charge in [0.2, 0.25) is 0 Å². The summed E-state index contributed by atoms with van der Waals surface area (Å²) in [5.74, 6) is 0.786. The molecule has 3 aromatic rings. The second-order valence-corrected chi connectivity index (χ2v) is 11.8. The molecule has 0 bridgehead atoms. The summed E-state index contributed by atoms with van der Waals surface area (Å²) in [6.07, 6.45) is 2.91. The first kappa shape index (κ1) is 29.0. The number of fused-ring (bicyclic) bond motifs is 1. The fourth-order valence-electron chi connectivity index (χ4n) is 5.32. The quantitative estimate of drug-likeness (QED) is 0.419. The Labute approximate surface area is 230 Å². The molecule has 0 aliphatic carbocycles. The molecule has 1 aromatic carbocycles. The highest BCUT2D eigenvalue weighted by Crippen LogP contribution is 2.35. The Kier molecular flexibility index (Phi) is 8.63. The Morgan fingerprint density at radius 1 is 1.23 bits per heavy atom. The van der Waals surface area contributed by atoms with Gasteiger partial charge in [0, 0.05) is 50.2 Å². The van der Waals surface area contributed by atoms with Crippen molar-refractivity contribution in [3.8, 4) is 11.4 Å². The zero-order chi connectivity index (χ0) is 28.5. The van der Waals surface area contributed by atoms with Gasteiger partial charge < -0.3 is 23.7 Å². The fraction of sp³-hybridized carbons (Fsp3) is 0.567. The van der Waals surface area contributed by atoms with Crippen molar-refractivity contribution in [2.45, 2.75) is 84.7 Å². The molecule has 0 radical (unpaired) electrons. The summed E-state index contributed by atoms with van der Waals surface area (Å²) in [5.41, 5.74) is 3.67. The van der Waals surface area contributed by atoms with Crippen molar-refractivity contribution >= 4 is 17.0 Å². The highest BCUT2D eigenvalue weighted by Gasteiger charge is 2.29. The molecule has 39 heavy (non-hydrogen) atoms. The van der Waals surface area contributed by atoms with Crippen LogP contribution in [0.4, 0.5) is 0 Å². The number of nitrogens with one attached hydrogen (secondary N) is 1. The molecule has 1 aliphatic heterocycles. The van der Waals surface area contributed by atoms with Crippen LogP contribution in [-0.4, -0.2) is 56.2 Å². The number of aryl methyl sites for hydroxylation is 2. The molecule has 3 unspecified atom stereocenters. The SMILES string of the molecule is Cc1cc(-c2nc3cc(CNC(C(=O)OC(C)(C)C)C(C)O)ccc3n2C(C)C2CCOCC2)cn(C)c1=O. The summed E-state index contributed by atoms with van der Waals surface area (Å²) in [5, 5.41) is 13.4. The van der Waals surface area contributed by atoms with Crippen LogP contribution in [0.15, 0.2) is 35.3 Å². The third-order valence-electron chi connectivity index (χ3n) is 7.40. The van der Waals surface area contributed by atoms with Crippen molar-refractivity contribution in [3.05, 3.63) is 51.9 Å². The van der Waals surface area contributed by atoms with Crippen LogP contribution in [-0.2, 0) is 27.9 Å². The average molecular weight is 539 g/mol. The Bertz CT molecular complexity index is 1350. The number of aliphatic hydroxyl groups excluding tert-OH is 1. The summed E-state index contributed by atoms with van der Waals surface area (Å²) in [6.45, 7) is 12.9. The van der Waals surface area contributed by atoms with E-state index in [4.69, 9.17) is 14.5 Å². The van der Waals surface area contributed by atoms with Gasteiger partial charge in [0.15, 0.2) is 0 Å². The maximum absolute atomic E-state index is 12.6. The van der Waals surface area contributed by atoms with Gasteiger partial charge in [-0.2, -0.15) is 0 Å². The van der Waals surface area contributed by atoms with Gasteiger partial charge in [-0.05, 0) is 84.1 Å². The molecule has 2 aromatic heterocycles. The first-order valence-corrected chi connectivity index (χ1v) is 13.8. The van der Waals surface area contributed by atoms with Gasteiger partial charge in [-0.1, -0.05) is 6.07 Å². The van der Waals surface area contributed by atoms with Gasteiger partial charge >= 0.3 is 5.97 Å². The normalized spacial score (nSPS) is 17.2. The molecule has 9 nitrogen and oxygen atoms in total. The maximum Gasteiger partial charge on any atom is 0.326 e. The van der Waals surface area contributed by atoms with E-state index in [1.165, 1.54) is 0 Å². The number of ether oxygens (including phenoxy) is 2. The van der Waals surface area contributed by atoms with Crippen LogP contribution >= 0.6 is 0 Å². The monoisotopic (exact) mass is 538 g/mol. The molecule has 2 N–H and O–H groups in total. The van der Waals surface area contributed by atoms with Crippen LogP contribution in [0.3, 0.4) is 0 Å². The molecule has 0 spiro atoms. The average Bonchev–Trinajstić information content (AvgIpc) is 3.24. The smallest absolute Gasteiger partial charge is 0.326 e. The molecular formula is C30H42N4O5. The number of pyridine rings is 1. The van der Waals surface area contributed by atoms with Crippen molar-refractivity contribution in [1.29, 1.82) is 0 Å². The van der Waals surface area contributed by atoms with Gasteiger partial charge in [-0.25, -0.2) is 4.98 Å². The molecule has 4 rings (SSSR count). The topological polar surface area (TPSA) is 108 Å². The largest absolute Gasteiger partial charge is 0.459 e. The highest BCUT2D eigenvalue weighted by atomic mass is 16.6. The standard InChI is InChI=1S/C30H42N4O5/c1-18-14-23(17-33(7)28(18)36)27-32-24-15-21(16-31-26(20(3)35)29(37)39-30(4,5)6)8-9-25(24)34(27)19(2)22-10-12-38-13-11-22/h8-9,14-15,17,19-20,22,26,31,35H,10-13,16H2,1-7H3. The molecular weight excluding hydrogens is 496 g/mol. The highest BCUT2D eigenvalue weighted by molar-refractivity contribution is 5.82. The van der Waals surface area contributed by atoms with Gasteiger partial charge in [0.05, 0.1) is 17.1 Å². The molecule has 1 aliphatic rings. The molecule has 9 heteroatoms. The number of aliphatic hydroxyl groups is 1. The lowest BCUT2D eigenvalue weighted by molar-refractivity contribution is -0.160. The van der Waals surface area contributed by atoms with E-state index in [1.54, 1.807) is 39.3 Å². The van der Waals surface area contributed by atoms with E-state index in [9.17, 15) is 14.7 Å². The van der Waals surface area contributed by atoms with Crippen molar-refractivity contribution < 1.29 is 19.4 Å². The van der Waals surface area contributed by atoms with E-state index in [1.807, 2.05) is 31.3 Å². The first-order chi connectivity index (χ1) is 18.4. The number of carbonyl (C=O) groups is 1. The van der Waals surface area contributed by atoms with Crippen LogP contribution in [0.5, 0.6) is 0 Å². The molecule has 1 saturated heterocycles. The number of hydrogen-bond donors (Lipinski definition) is 2. The lowest BCUT2D eigenvalue weighted by Crippen LogP contribution is -2.47. The molecule has 3 heterocycles. The second kappa shape index (κ2) is 11.6. The minimum Gasteiger partial charge on any atom is -0.459 e. The van der Waals surface area contributed by atoms with Crippen LogP contribution in [0.25, 0.3) is 22.4 Å². The van der Waals surface area contributed by atoms with Crippen LogP contribution in [0, 0.1) is 12.8 Å². The first-order valence-electron chi connectivity index (χ1n) is 13.8. The molecule has 0 saturated carbocycles. The van der Waals surface area contributed by atoms with Crippen molar-refractivity contribution in [1.82, 2.24) is 19.4 Å². The Balaban J connectivity index is 1.70. The third-order valence-corrected chi connectivity index (χ3v) is 7.40. The number of rotatable bonds is 8. The van der Waals surface area contributed by atoms with Crippen LogP contribution in [0.2, 0.25) is 0 Å². The predicted octanol–water partition coefficient (Wildman–Crippen LogP) is 3.88. The zero-order valence-electron chi connectivity index (χ0n) is 24.2. The fourth-order valence-corrected chi connectivity index (χ4v) is 5.32. The van der Waals surface area contributed by atoms with E-state index < -0.39 is 23.7 Å². The van der Waals surface area contributed by atoms with Crippen LogP contribution in [0.1, 0.15) is 64.6 Å². The minimum absolute atomic E-state index is 0.0232. The van der Waals surface area contributed by atoms with E-state index in [0.29, 0.717) is 18.0 Å². The number of imidazole rings is 1. The van der Waals surface area contributed by atoms with Gasteiger partial charge in [-0.15, -0.1) is 0 Å².